The topological polar surface area (TPSA) is 58.4 Å². The zero-order valence-electron chi connectivity index (χ0n) is 10.5. The van der Waals surface area contributed by atoms with Crippen molar-refractivity contribution in [3.8, 4) is 0 Å². The third kappa shape index (κ3) is 4.00. The van der Waals surface area contributed by atoms with Gasteiger partial charge < -0.3 is 16.0 Å². The van der Waals surface area contributed by atoms with E-state index in [1.54, 1.807) is 0 Å². The molecule has 0 heterocycles. The number of carbonyl (C=O) groups excluding carboxylic acids is 1. The van der Waals surface area contributed by atoms with Crippen LogP contribution in [0, 0.1) is 5.92 Å². The molecule has 0 aromatic carbocycles. The van der Waals surface area contributed by atoms with Gasteiger partial charge in [-0.25, -0.2) is 4.79 Å². The highest BCUT2D eigenvalue weighted by molar-refractivity contribution is 5.74. The molecule has 1 aliphatic carbocycles. The molecule has 1 rings (SSSR count). The number of nitrogens with zero attached hydrogens (tertiary/aromatic N) is 1. The number of nitrogens with one attached hydrogen (secondary N) is 1. The van der Waals surface area contributed by atoms with Crippen molar-refractivity contribution in [1.29, 1.82) is 0 Å². The van der Waals surface area contributed by atoms with Crippen LogP contribution in [0.15, 0.2) is 0 Å². The van der Waals surface area contributed by atoms with E-state index in [-0.39, 0.29) is 6.03 Å². The molecule has 2 amide bonds. The first-order valence-electron chi connectivity index (χ1n) is 6.45. The summed E-state index contributed by atoms with van der Waals surface area (Å²) in [5, 5.41) is 3.01. The van der Waals surface area contributed by atoms with E-state index in [2.05, 4.69) is 5.32 Å². The maximum Gasteiger partial charge on any atom is 0.317 e. The highest BCUT2D eigenvalue weighted by Crippen LogP contribution is 2.22. The average molecular weight is 227 g/mol. The average Bonchev–Trinajstić information content (AvgIpc) is 2.28. The largest absolute Gasteiger partial charge is 0.338 e. The Hall–Kier alpha value is -0.770. The number of nitrogens with two attached hydrogens (primary N) is 1. The lowest BCUT2D eigenvalue weighted by molar-refractivity contribution is 0.198. The monoisotopic (exact) mass is 227 g/mol. The Morgan fingerprint density at radius 1 is 1.38 bits per heavy atom. The molecule has 0 aliphatic heterocycles. The predicted octanol–water partition coefficient (Wildman–Crippen LogP) is 1.56. The zero-order valence-corrected chi connectivity index (χ0v) is 10.5. The molecule has 0 bridgehead atoms. The Bertz CT molecular complexity index is 216. The molecule has 0 saturated heterocycles. The number of hydrogen-bond donors (Lipinski definition) is 2. The fraction of sp³-hybridized carbons (Fsp3) is 0.917. The fourth-order valence-corrected chi connectivity index (χ4v) is 2.37. The van der Waals surface area contributed by atoms with Crippen molar-refractivity contribution in [1.82, 2.24) is 10.2 Å². The minimum Gasteiger partial charge on any atom is -0.338 e. The molecular weight excluding hydrogens is 202 g/mol. The molecule has 0 spiro atoms. The molecule has 16 heavy (non-hydrogen) atoms. The van der Waals surface area contributed by atoms with E-state index in [1.807, 2.05) is 18.7 Å². The summed E-state index contributed by atoms with van der Waals surface area (Å²) >= 11 is 0. The van der Waals surface area contributed by atoms with Gasteiger partial charge in [0.2, 0.25) is 0 Å². The molecular formula is C12H25N3O. The summed E-state index contributed by atoms with van der Waals surface area (Å²) in [7, 11) is 0. The Labute approximate surface area is 98.6 Å². The van der Waals surface area contributed by atoms with Crippen molar-refractivity contribution in [2.45, 2.75) is 45.6 Å². The minimum atomic E-state index is 0.0594. The SMILES string of the molecule is CCN(CC)C(=O)NCC1CCCC(N)C1. The van der Waals surface area contributed by atoms with Gasteiger partial charge in [-0.1, -0.05) is 6.42 Å². The Morgan fingerprint density at radius 2 is 2.06 bits per heavy atom. The van der Waals surface area contributed by atoms with Crippen LogP contribution in [0.5, 0.6) is 0 Å². The molecule has 1 saturated carbocycles. The van der Waals surface area contributed by atoms with Gasteiger partial charge in [-0.15, -0.1) is 0 Å². The van der Waals surface area contributed by atoms with E-state index in [1.165, 1.54) is 12.8 Å². The summed E-state index contributed by atoms with van der Waals surface area (Å²) in [5.74, 6) is 0.572. The zero-order chi connectivity index (χ0) is 12.0. The summed E-state index contributed by atoms with van der Waals surface area (Å²) in [5.41, 5.74) is 5.92. The van der Waals surface area contributed by atoms with Crippen molar-refractivity contribution in [3.63, 3.8) is 0 Å². The van der Waals surface area contributed by atoms with Crippen molar-refractivity contribution in [2.75, 3.05) is 19.6 Å². The fourth-order valence-electron chi connectivity index (χ4n) is 2.37. The van der Waals surface area contributed by atoms with E-state index in [4.69, 9.17) is 5.73 Å². The Kier molecular flexibility index (Phi) is 5.60. The molecule has 0 aromatic rings. The molecule has 0 radical (unpaired) electrons. The van der Waals surface area contributed by atoms with Crippen molar-refractivity contribution >= 4 is 6.03 Å². The van der Waals surface area contributed by atoms with Gasteiger partial charge >= 0.3 is 6.03 Å². The van der Waals surface area contributed by atoms with Gasteiger partial charge in [-0.2, -0.15) is 0 Å². The Morgan fingerprint density at radius 3 is 2.62 bits per heavy atom. The number of amides is 2. The smallest absolute Gasteiger partial charge is 0.317 e. The van der Waals surface area contributed by atoms with Crippen LogP contribution >= 0.6 is 0 Å². The number of urea groups is 1. The molecule has 1 aliphatic rings. The Balaban J connectivity index is 2.25. The van der Waals surface area contributed by atoms with Crippen LogP contribution < -0.4 is 11.1 Å². The molecule has 0 aromatic heterocycles. The van der Waals surface area contributed by atoms with E-state index in [0.717, 1.165) is 32.5 Å². The minimum absolute atomic E-state index is 0.0594. The van der Waals surface area contributed by atoms with E-state index in [0.29, 0.717) is 12.0 Å². The third-order valence-corrected chi connectivity index (χ3v) is 3.42. The van der Waals surface area contributed by atoms with Crippen LogP contribution in [-0.2, 0) is 0 Å². The van der Waals surface area contributed by atoms with E-state index < -0.39 is 0 Å². The van der Waals surface area contributed by atoms with Gasteiger partial charge in [0, 0.05) is 25.7 Å². The molecule has 2 unspecified atom stereocenters. The lowest BCUT2D eigenvalue weighted by Gasteiger charge is -2.28. The van der Waals surface area contributed by atoms with Crippen LogP contribution in [0.2, 0.25) is 0 Å². The summed E-state index contributed by atoms with van der Waals surface area (Å²) in [6.45, 7) is 6.32. The van der Waals surface area contributed by atoms with Crippen LogP contribution in [0.4, 0.5) is 4.79 Å². The lowest BCUT2D eigenvalue weighted by Crippen LogP contribution is -2.43. The maximum absolute atomic E-state index is 11.7. The van der Waals surface area contributed by atoms with Gasteiger partial charge in [-0.3, -0.25) is 0 Å². The van der Waals surface area contributed by atoms with Crippen molar-refractivity contribution in [2.24, 2.45) is 11.7 Å². The summed E-state index contributed by atoms with van der Waals surface area (Å²) < 4.78 is 0. The van der Waals surface area contributed by atoms with Gasteiger partial charge in [0.15, 0.2) is 0 Å². The second kappa shape index (κ2) is 6.74. The first kappa shape index (κ1) is 13.3. The number of hydrogen-bond acceptors (Lipinski definition) is 2. The standard InChI is InChI=1S/C12H25N3O/c1-3-15(4-2)12(16)14-9-10-6-5-7-11(13)8-10/h10-11H,3-9,13H2,1-2H3,(H,14,16). The quantitative estimate of drug-likeness (QED) is 0.765. The predicted molar refractivity (Wildman–Crippen MR) is 66.3 cm³/mol. The summed E-state index contributed by atoms with van der Waals surface area (Å²) in [6.07, 6.45) is 4.60. The van der Waals surface area contributed by atoms with Crippen LogP contribution in [0.25, 0.3) is 0 Å². The number of carbonyl (C=O) groups is 1. The summed E-state index contributed by atoms with van der Waals surface area (Å²) in [6, 6.07) is 0.397. The second-order valence-electron chi connectivity index (χ2n) is 4.65. The van der Waals surface area contributed by atoms with Crippen LogP contribution in [0.3, 0.4) is 0 Å². The third-order valence-electron chi connectivity index (χ3n) is 3.42. The van der Waals surface area contributed by atoms with Gasteiger partial charge in [0.05, 0.1) is 0 Å². The van der Waals surface area contributed by atoms with Gasteiger partial charge in [-0.05, 0) is 39.0 Å². The molecule has 4 heteroatoms. The van der Waals surface area contributed by atoms with Crippen LogP contribution in [-0.4, -0.2) is 36.6 Å². The molecule has 4 nitrogen and oxygen atoms in total. The van der Waals surface area contributed by atoms with Crippen LogP contribution in [0.1, 0.15) is 39.5 Å². The normalized spacial score (nSPS) is 25.2. The lowest BCUT2D eigenvalue weighted by atomic mass is 9.86. The van der Waals surface area contributed by atoms with Crippen molar-refractivity contribution < 1.29 is 4.79 Å². The number of rotatable bonds is 4. The first-order chi connectivity index (χ1) is 7.67. The van der Waals surface area contributed by atoms with Gasteiger partial charge in [0.25, 0.3) is 0 Å². The highest BCUT2D eigenvalue weighted by atomic mass is 16.2. The van der Waals surface area contributed by atoms with E-state index >= 15 is 0 Å². The molecule has 2 atom stereocenters. The highest BCUT2D eigenvalue weighted by Gasteiger charge is 2.20. The van der Waals surface area contributed by atoms with Crippen molar-refractivity contribution in [3.05, 3.63) is 0 Å². The maximum atomic E-state index is 11.7. The first-order valence-corrected chi connectivity index (χ1v) is 6.45. The van der Waals surface area contributed by atoms with Gasteiger partial charge in [0.1, 0.15) is 0 Å². The molecule has 3 N–H and O–H groups in total. The van der Waals surface area contributed by atoms with E-state index in [9.17, 15) is 4.79 Å². The molecule has 94 valence electrons. The summed E-state index contributed by atoms with van der Waals surface area (Å²) in [4.78, 5) is 13.5. The second-order valence-corrected chi connectivity index (χ2v) is 4.65. The molecule has 1 fully saturated rings.